The summed E-state index contributed by atoms with van der Waals surface area (Å²) in [6.45, 7) is 9.47. The van der Waals surface area contributed by atoms with E-state index in [2.05, 4.69) is 24.6 Å². The minimum absolute atomic E-state index is 0.348. The topological polar surface area (TPSA) is 48.4 Å². The van der Waals surface area contributed by atoms with Gasteiger partial charge in [-0.05, 0) is 36.4 Å². The summed E-state index contributed by atoms with van der Waals surface area (Å²) in [7, 11) is 0.326. The average Bonchev–Trinajstić information content (AvgIpc) is 2.64. The molecule has 143 valence electrons. The molecule has 27 heavy (non-hydrogen) atoms. The molecule has 6 heteroatoms. The molecule has 0 aliphatic carbocycles. The number of pyridine rings is 1. The molecule has 0 atom stereocenters. The molecule has 0 spiro atoms. The number of carbonyl (C=O) groups excluding carboxylic acids is 1. The molecule has 0 fully saturated rings. The van der Waals surface area contributed by atoms with Crippen molar-refractivity contribution in [3.05, 3.63) is 66.4 Å². The van der Waals surface area contributed by atoms with Gasteiger partial charge in [-0.15, -0.1) is 0 Å². The van der Waals surface area contributed by atoms with Gasteiger partial charge in [-0.1, -0.05) is 55.7 Å². The van der Waals surface area contributed by atoms with Crippen LogP contribution < -0.4 is 0 Å². The van der Waals surface area contributed by atoms with Crippen molar-refractivity contribution in [2.24, 2.45) is 0 Å². The maximum atomic E-state index is 11.9. The molecular formula is C21H26NO3SSi. The Bertz CT molecular complexity index is 787. The third kappa shape index (κ3) is 7.70. The van der Waals surface area contributed by atoms with Gasteiger partial charge in [0.25, 0.3) is 0 Å². The lowest BCUT2D eigenvalue weighted by Crippen LogP contribution is -2.21. The molecule has 0 N–H and O–H groups in total. The minimum Gasteiger partial charge on any atom is -0.465 e. The lowest BCUT2D eigenvalue weighted by Gasteiger charge is -2.14. The number of hydrogen-bond donors (Lipinski definition) is 0. The zero-order valence-corrected chi connectivity index (χ0v) is 18.1. The van der Waals surface area contributed by atoms with Gasteiger partial charge in [0.2, 0.25) is 0 Å². The molecule has 0 amide bonds. The second-order valence-electron chi connectivity index (χ2n) is 7.17. The Kier molecular flexibility index (Phi) is 8.28. The van der Waals surface area contributed by atoms with Crippen molar-refractivity contribution in [2.75, 3.05) is 13.7 Å². The maximum absolute atomic E-state index is 11.9. The van der Waals surface area contributed by atoms with Crippen molar-refractivity contribution in [2.45, 2.75) is 35.6 Å². The van der Waals surface area contributed by atoms with Crippen molar-refractivity contribution >= 4 is 31.9 Å². The van der Waals surface area contributed by atoms with E-state index in [-0.39, 0.29) is 5.97 Å². The molecule has 1 aromatic heterocycles. The van der Waals surface area contributed by atoms with Gasteiger partial charge in [-0.25, -0.2) is 9.78 Å². The van der Waals surface area contributed by atoms with Crippen molar-refractivity contribution in [3.8, 4) is 0 Å². The van der Waals surface area contributed by atoms with Crippen LogP contribution in [-0.4, -0.2) is 32.7 Å². The van der Waals surface area contributed by atoms with Gasteiger partial charge in [0.05, 0.1) is 18.4 Å². The molecule has 0 aliphatic rings. The van der Waals surface area contributed by atoms with E-state index in [0.29, 0.717) is 5.56 Å². The van der Waals surface area contributed by atoms with E-state index in [1.807, 2.05) is 48.6 Å². The van der Waals surface area contributed by atoms with Crippen LogP contribution in [-0.2, 0) is 9.47 Å². The standard InChI is InChI=1S/C21H26NO3SSi/c1-24-21(23)18-11-5-6-12-19(18)26-20-13-7-9-17(22-20)10-8-14-25-15-16-27(2,3)4/h5-14H,15-16H2,1-4H3. The predicted octanol–water partition coefficient (Wildman–Crippen LogP) is 5.55. The predicted molar refractivity (Wildman–Crippen MR) is 114 cm³/mol. The largest absolute Gasteiger partial charge is 0.465 e. The molecule has 0 bridgehead atoms. The summed E-state index contributed by atoms with van der Waals surface area (Å²) in [5, 5.41) is 0.813. The number of carbonyl (C=O) groups is 1. The summed E-state index contributed by atoms with van der Waals surface area (Å²) in [6, 6.07) is 14.3. The number of rotatable bonds is 9. The first-order valence-electron chi connectivity index (χ1n) is 8.83. The fourth-order valence-corrected chi connectivity index (χ4v) is 3.82. The van der Waals surface area contributed by atoms with Crippen LogP contribution in [0.1, 0.15) is 16.1 Å². The lowest BCUT2D eigenvalue weighted by atomic mass is 10.2. The second kappa shape index (κ2) is 10.4. The van der Waals surface area contributed by atoms with Crippen LogP contribution in [0.3, 0.4) is 0 Å². The Morgan fingerprint density at radius 1 is 1.15 bits per heavy atom. The second-order valence-corrected chi connectivity index (χ2v) is 13.9. The third-order valence-corrected chi connectivity index (χ3v) is 6.38. The van der Waals surface area contributed by atoms with Crippen molar-refractivity contribution in [1.29, 1.82) is 0 Å². The van der Waals surface area contributed by atoms with E-state index < -0.39 is 8.07 Å². The Morgan fingerprint density at radius 3 is 2.67 bits per heavy atom. The summed E-state index contributed by atoms with van der Waals surface area (Å²) in [4.78, 5) is 17.3. The zero-order valence-electron chi connectivity index (χ0n) is 16.3. The van der Waals surface area contributed by atoms with Crippen LogP contribution in [0.4, 0.5) is 0 Å². The van der Waals surface area contributed by atoms with E-state index >= 15 is 0 Å². The maximum Gasteiger partial charge on any atom is 0.339 e. The zero-order chi connectivity index (χ0) is 19.7. The van der Waals surface area contributed by atoms with Crippen LogP contribution in [0.15, 0.2) is 58.5 Å². The normalized spacial score (nSPS) is 11.7. The Morgan fingerprint density at radius 2 is 1.93 bits per heavy atom. The van der Waals surface area contributed by atoms with E-state index in [1.165, 1.54) is 18.9 Å². The van der Waals surface area contributed by atoms with Crippen molar-refractivity contribution in [1.82, 2.24) is 4.98 Å². The third-order valence-electron chi connectivity index (χ3n) is 3.66. The number of methoxy groups -OCH3 is 1. The van der Waals surface area contributed by atoms with Crippen LogP contribution in [0.25, 0.3) is 6.08 Å². The molecule has 0 aliphatic heterocycles. The fourth-order valence-electron chi connectivity index (χ4n) is 2.15. The number of benzene rings is 1. The van der Waals surface area contributed by atoms with Crippen LogP contribution in [0.2, 0.25) is 25.7 Å². The molecule has 1 heterocycles. The lowest BCUT2D eigenvalue weighted by molar-refractivity contribution is 0.0597. The summed E-state index contributed by atoms with van der Waals surface area (Å²) in [6.07, 6.45) is 3.77. The fraction of sp³-hybridized carbons (Fsp3) is 0.286. The quantitative estimate of drug-likeness (QED) is 0.314. The molecule has 0 saturated carbocycles. The van der Waals surface area contributed by atoms with Gasteiger partial charge in [-0.3, -0.25) is 0 Å². The molecule has 0 saturated heterocycles. The summed E-state index contributed by atoms with van der Waals surface area (Å²) in [5.74, 6) is -0.348. The van der Waals surface area contributed by atoms with E-state index in [9.17, 15) is 4.79 Å². The molecule has 2 aromatic rings. The van der Waals surface area contributed by atoms with Gasteiger partial charge in [0.15, 0.2) is 0 Å². The van der Waals surface area contributed by atoms with E-state index in [4.69, 9.17) is 9.47 Å². The van der Waals surface area contributed by atoms with Gasteiger partial charge < -0.3 is 9.47 Å². The monoisotopic (exact) mass is 400 g/mol. The van der Waals surface area contributed by atoms with Crippen LogP contribution >= 0.6 is 11.8 Å². The Balaban J connectivity index is 1.96. The Hall–Kier alpha value is -1.89. The summed E-state index contributed by atoms with van der Waals surface area (Å²) < 4.78 is 10.4. The summed E-state index contributed by atoms with van der Waals surface area (Å²) in [5.41, 5.74) is 1.37. The van der Waals surface area contributed by atoms with Gasteiger partial charge in [0, 0.05) is 19.6 Å². The van der Waals surface area contributed by atoms with Crippen LogP contribution in [0, 0.1) is 6.61 Å². The SMILES string of the molecule is COC(=O)c1ccccc1Sc1cccc(C=C[CH]OCC[Si](C)(C)C)n1. The van der Waals surface area contributed by atoms with E-state index in [0.717, 1.165) is 28.3 Å². The highest BCUT2D eigenvalue weighted by Gasteiger charge is 2.13. The molecule has 2 rings (SSSR count). The molecule has 1 aromatic carbocycles. The van der Waals surface area contributed by atoms with Gasteiger partial charge in [0.1, 0.15) is 11.6 Å². The van der Waals surface area contributed by atoms with Gasteiger partial charge >= 0.3 is 5.97 Å². The number of ether oxygens (including phenoxy) is 2. The van der Waals surface area contributed by atoms with Crippen molar-refractivity contribution < 1.29 is 14.3 Å². The Labute approximate surface area is 167 Å². The molecule has 1 radical (unpaired) electrons. The number of aromatic nitrogens is 1. The average molecular weight is 401 g/mol. The first-order chi connectivity index (χ1) is 12.9. The summed E-state index contributed by atoms with van der Waals surface area (Å²) >= 11 is 1.44. The highest BCUT2D eigenvalue weighted by Crippen LogP contribution is 2.29. The highest BCUT2D eigenvalue weighted by atomic mass is 32.2. The first-order valence-corrected chi connectivity index (χ1v) is 13.4. The number of hydrogen-bond acceptors (Lipinski definition) is 5. The number of nitrogens with zero attached hydrogens (tertiary/aromatic N) is 1. The highest BCUT2D eigenvalue weighted by molar-refractivity contribution is 7.99. The van der Waals surface area contributed by atoms with Crippen molar-refractivity contribution in [3.63, 3.8) is 0 Å². The van der Waals surface area contributed by atoms with E-state index in [1.54, 1.807) is 12.7 Å². The molecule has 4 nitrogen and oxygen atoms in total. The first kappa shape index (κ1) is 21.4. The number of esters is 1. The smallest absolute Gasteiger partial charge is 0.339 e. The minimum atomic E-state index is -1.06. The van der Waals surface area contributed by atoms with Crippen LogP contribution in [0.5, 0.6) is 0 Å². The molecule has 0 unspecified atom stereocenters. The van der Waals surface area contributed by atoms with Gasteiger partial charge in [-0.2, -0.15) is 0 Å². The molecular weight excluding hydrogens is 374 g/mol.